The van der Waals surface area contributed by atoms with E-state index in [0.717, 1.165) is 11.3 Å². The van der Waals surface area contributed by atoms with Crippen LogP contribution in [-0.4, -0.2) is 10.1 Å². The largest absolute Gasteiger partial charge is 0.386 e. The van der Waals surface area contributed by atoms with Crippen molar-refractivity contribution in [1.82, 2.24) is 4.98 Å². The van der Waals surface area contributed by atoms with Crippen molar-refractivity contribution >= 4 is 0 Å². The molecule has 1 atom stereocenters. The molecule has 2 aromatic rings. The van der Waals surface area contributed by atoms with Crippen LogP contribution in [0.3, 0.4) is 0 Å². The minimum atomic E-state index is -0.520. The lowest BCUT2D eigenvalue weighted by atomic mass is 10.1. The van der Waals surface area contributed by atoms with Gasteiger partial charge in [0.1, 0.15) is 0 Å². The summed E-state index contributed by atoms with van der Waals surface area (Å²) in [6.45, 7) is 0. The number of aromatic nitrogens is 1. The highest BCUT2D eigenvalue weighted by Crippen LogP contribution is 2.15. The predicted molar refractivity (Wildman–Crippen MR) is 59.3 cm³/mol. The van der Waals surface area contributed by atoms with Crippen LogP contribution in [0.2, 0.25) is 0 Å². The van der Waals surface area contributed by atoms with E-state index >= 15 is 0 Å². The molecule has 2 rings (SSSR count). The maximum absolute atomic E-state index is 9.91. The molecule has 0 aliphatic carbocycles. The second-order valence-corrected chi connectivity index (χ2v) is 3.46. The van der Waals surface area contributed by atoms with Crippen LogP contribution in [0.1, 0.15) is 17.4 Å². The zero-order valence-electron chi connectivity index (χ0n) is 8.38. The number of rotatable bonds is 3. The van der Waals surface area contributed by atoms with Crippen molar-refractivity contribution in [1.29, 1.82) is 0 Å². The van der Waals surface area contributed by atoms with Crippen LogP contribution < -0.4 is 0 Å². The van der Waals surface area contributed by atoms with Gasteiger partial charge in [0.2, 0.25) is 0 Å². The van der Waals surface area contributed by atoms with E-state index in [1.54, 1.807) is 6.20 Å². The van der Waals surface area contributed by atoms with Gasteiger partial charge in [0.15, 0.2) is 0 Å². The molecule has 1 unspecified atom stereocenters. The molecule has 1 aromatic carbocycles. The Hall–Kier alpha value is -1.67. The Labute approximate surface area is 89.2 Å². The van der Waals surface area contributed by atoms with Gasteiger partial charge in [-0.1, -0.05) is 36.4 Å². The number of aliphatic hydroxyl groups is 1. The summed E-state index contributed by atoms with van der Waals surface area (Å²) in [7, 11) is 0. The summed E-state index contributed by atoms with van der Waals surface area (Å²) in [6, 6.07) is 15.5. The molecule has 0 aliphatic heterocycles. The fourth-order valence-electron chi connectivity index (χ4n) is 1.52. The van der Waals surface area contributed by atoms with Gasteiger partial charge in [-0.25, -0.2) is 0 Å². The number of hydrogen-bond acceptors (Lipinski definition) is 2. The number of hydrogen-bond donors (Lipinski definition) is 1. The normalized spacial score (nSPS) is 12.3. The molecular formula is C13H13NO. The number of aliphatic hydroxyl groups excluding tert-OH is 1. The first-order valence-corrected chi connectivity index (χ1v) is 4.99. The highest BCUT2D eigenvalue weighted by molar-refractivity contribution is 5.18. The molecule has 2 nitrogen and oxygen atoms in total. The van der Waals surface area contributed by atoms with Gasteiger partial charge in [-0.15, -0.1) is 0 Å². The molecular weight excluding hydrogens is 186 g/mol. The molecule has 0 saturated heterocycles. The fourth-order valence-corrected chi connectivity index (χ4v) is 1.52. The molecule has 1 heterocycles. The lowest BCUT2D eigenvalue weighted by Crippen LogP contribution is -2.03. The highest BCUT2D eigenvalue weighted by Gasteiger charge is 2.08. The third kappa shape index (κ3) is 2.64. The molecule has 15 heavy (non-hydrogen) atoms. The maximum atomic E-state index is 9.91. The first kappa shape index (κ1) is 9.87. The maximum Gasteiger partial charge on any atom is 0.0999 e. The minimum absolute atomic E-state index is 0.520. The molecule has 0 spiro atoms. The minimum Gasteiger partial charge on any atom is -0.386 e. The molecule has 0 amide bonds. The third-order valence-corrected chi connectivity index (χ3v) is 2.30. The van der Waals surface area contributed by atoms with Crippen molar-refractivity contribution < 1.29 is 5.11 Å². The Balaban J connectivity index is 2.08. The van der Waals surface area contributed by atoms with Crippen molar-refractivity contribution in [2.75, 3.05) is 0 Å². The van der Waals surface area contributed by atoms with E-state index in [0.29, 0.717) is 6.42 Å². The second kappa shape index (κ2) is 4.71. The fraction of sp³-hybridized carbons (Fsp3) is 0.154. The second-order valence-electron chi connectivity index (χ2n) is 3.46. The zero-order valence-corrected chi connectivity index (χ0v) is 8.38. The van der Waals surface area contributed by atoms with E-state index in [1.165, 1.54) is 0 Å². The lowest BCUT2D eigenvalue weighted by Gasteiger charge is -2.09. The van der Waals surface area contributed by atoms with E-state index in [9.17, 15) is 5.11 Å². The summed E-state index contributed by atoms with van der Waals surface area (Å²) in [4.78, 5) is 4.12. The van der Waals surface area contributed by atoms with Gasteiger partial charge < -0.3 is 5.11 Å². The van der Waals surface area contributed by atoms with Crippen molar-refractivity contribution in [2.45, 2.75) is 12.5 Å². The molecule has 0 radical (unpaired) electrons. The van der Waals surface area contributed by atoms with Crippen LogP contribution in [0.5, 0.6) is 0 Å². The van der Waals surface area contributed by atoms with Crippen molar-refractivity contribution in [3.63, 3.8) is 0 Å². The first-order valence-electron chi connectivity index (χ1n) is 4.99. The summed E-state index contributed by atoms with van der Waals surface area (Å²) >= 11 is 0. The van der Waals surface area contributed by atoms with Crippen LogP contribution >= 0.6 is 0 Å². The van der Waals surface area contributed by atoms with Crippen LogP contribution in [0.25, 0.3) is 0 Å². The van der Waals surface area contributed by atoms with Gasteiger partial charge in [0.25, 0.3) is 0 Å². The van der Waals surface area contributed by atoms with Crippen molar-refractivity contribution in [2.24, 2.45) is 0 Å². The van der Waals surface area contributed by atoms with Crippen LogP contribution in [0.4, 0.5) is 0 Å². The average molecular weight is 199 g/mol. The first-order chi connectivity index (χ1) is 7.36. The van der Waals surface area contributed by atoms with Crippen LogP contribution in [-0.2, 0) is 6.42 Å². The summed E-state index contributed by atoms with van der Waals surface area (Å²) in [5, 5.41) is 9.91. The van der Waals surface area contributed by atoms with E-state index in [2.05, 4.69) is 4.98 Å². The van der Waals surface area contributed by atoms with Gasteiger partial charge >= 0.3 is 0 Å². The molecule has 0 aliphatic rings. The molecule has 1 N–H and O–H groups in total. The molecule has 0 fully saturated rings. The Morgan fingerprint density at radius 3 is 2.40 bits per heavy atom. The Kier molecular flexibility index (Phi) is 3.10. The average Bonchev–Trinajstić information content (AvgIpc) is 2.31. The highest BCUT2D eigenvalue weighted by atomic mass is 16.3. The van der Waals surface area contributed by atoms with Crippen molar-refractivity contribution in [3.8, 4) is 0 Å². The molecule has 2 heteroatoms. The smallest absolute Gasteiger partial charge is 0.0999 e. The number of nitrogens with zero attached hydrogens (tertiary/aromatic N) is 1. The lowest BCUT2D eigenvalue weighted by molar-refractivity contribution is 0.173. The molecule has 0 saturated carbocycles. The summed E-state index contributed by atoms with van der Waals surface area (Å²) in [5.41, 5.74) is 1.84. The summed E-state index contributed by atoms with van der Waals surface area (Å²) < 4.78 is 0. The van der Waals surface area contributed by atoms with E-state index in [1.807, 2.05) is 48.5 Å². The Bertz CT molecular complexity index is 399. The SMILES string of the molecule is OC(Cc1ccccc1)c1ccccn1. The van der Waals surface area contributed by atoms with Crippen LogP contribution in [0.15, 0.2) is 54.7 Å². The summed E-state index contributed by atoms with van der Waals surface area (Å²) in [6.07, 6.45) is 1.79. The molecule has 76 valence electrons. The monoisotopic (exact) mass is 199 g/mol. The van der Waals surface area contributed by atoms with E-state index < -0.39 is 6.10 Å². The van der Waals surface area contributed by atoms with Gasteiger partial charge in [-0.3, -0.25) is 4.98 Å². The molecule has 0 bridgehead atoms. The quantitative estimate of drug-likeness (QED) is 0.823. The summed E-state index contributed by atoms with van der Waals surface area (Å²) in [5.74, 6) is 0. The number of pyridine rings is 1. The van der Waals surface area contributed by atoms with E-state index in [4.69, 9.17) is 0 Å². The van der Waals surface area contributed by atoms with Gasteiger partial charge in [0.05, 0.1) is 11.8 Å². The van der Waals surface area contributed by atoms with Gasteiger partial charge in [-0.2, -0.15) is 0 Å². The van der Waals surface area contributed by atoms with Gasteiger partial charge in [-0.05, 0) is 17.7 Å². The van der Waals surface area contributed by atoms with Crippen molar-refractivity contribution in [3.05, 3.63) is 66.0 Å². The van der Waals surface area contributed by atoms with Gasteiger partial charge in [0, 0.05) is 12.6 Å². The van der Waals surface area contributed by atoms with Crippen LogP contribution in [0, 0.1) is 0 Å². The number of benzene rings is 1. The Morgan fingerprint density at radius 1 is 1.00 bits per heavy atom. The van der Waals surface area contributed by atoms with E-state index in [-0.39, 0.29) is 0 Å². The standard InChI is InChI=1S/C13H13NO/c15-13(12-8-4-5-9-14-12)10-11-6-2-1-3-7-11/h1-9,13,15H,10H2. The molecule has 1 aromatic heterocycles. The topological polar surface area (TPSA) is 33.1 Å². The zero-order chi connectivity index (χ0) is 10.5. The Morgan fingerprint density at radius 2 is 1.73 bits per heavy atom. The predicted octanol–water partition coefficient (Wildman–Crippen LogP) is 2.36. The third-order valence-electron chi connectivity index (χ3n) is 2.30.